The van der Waals surface area contributed by atoms with E-state index in [4.69, 9.17) is 9.47 Å². The summed E-state index contributed by atoms with van der Waals surface area (Å²) in [7, 11) is 1.40. The third-order valence-corrected chi connectivity index (χ3v) is 6.50. The molecule has 2 aliphatic carbocycles. The molecule has 2 aliphatic rings. The maximum absolute atomic E-state index is 12.8. The minimum Gasteiger partial charge on any atom is -0.503 e. The van der Waals surface area contributed by atoms with Gasteiger partial charge in [0.15, 0.2) is 17.2 Å². The summed E-state index contributed by atoms with van der Waals surface area (Å²) < 4.78 is 49.3. The monoisotopic (exact) mass is 450 g/mol. The zero-order chi connectivity index (χ0) is 22.9. The van der Waals surface area contributed by atoms with E-state index in [1.165, 1.54) is 25.4 Å². The van der Waals surface area contributed by atoms with E-state index in [1.54, 1.807) is 6.07 Å². The minimum absolute atomic E-state index is 0.000354. The summed E-state index contributed by atoms with van der Waals surface area (Å²) in [5.41, 5.74) is -0.236. The van der Waals surface area contributed by atoms with Gasteiger partial charge >= 0.3 is 6.18 Å². The van der Waals surface area contributed by atoms with Crippen LogP contribution in [0.5, 0.6) is 11.5 Å². The summed E-state index contributed by atoms with van der Waals surface area (Å²) in [6, 6.07) is 6.67. The third-order valence-electron chi connectivity index (χ3n) is 6.50. The van der Waals surface area contributed by atoms with Crippen molar-refractivity contribution in [2.24, 2.45) is 17.8 Å². The number of nitrogens with zero attached hydrogens (tertiary/aromatic N) is 1. The van der Waals surface area contributed by atoms with Crippen LogP contribution in [0.3, 0.4) is 0 Å². The number of carbonyl (C=O) groups is 1. The van der Waals surface area contributed by atoms with E-state index in [0.29, 0.717) is 29.9 Å². The van der Waals surface area contributed by atoms with E-state index in [9.17, 15) is 23.1 Å². The molecular formula is C23H25F3N2O4. The number of aromatic hydroxyl groups is 1. The van der Waals surface area contributed by atoms with E-state index in [2.05, 4.69) is 10.3 Å². The second-order valence-corrected chi connectivity index (χ2v) is 8.49. The van der Waals surface area contributed by atoms with Crippen molar-refractivity contribution < 1.29 is 32.5 Å². The van der Waals surface area contributed by atoms with Gasteiger partial charge < -0.3 is 19.9 Å². The van der Waals surface area contributed by atoms with Crippen LogP contribution in [0.4, 0.5) is 13.2 Å². The van der Waals surface area contributed by atoms with Crippen LogP contribution in [0, 0.1) is 17.8 Å². The number of pyridine rings is 1. The maximum atomic E-state index is 12.8. The topological polar surface area (TPSA) is 80.7 Å². The molecule has 1 aromatic carbocycles. The van der Waals surface area contributed by atoms with Crippen LogP contribution < -0.4 is 10.1 Å². The summed E-state index contributed by atoms with van der Waals surface area (Å²) in [6.07, 6.45) is -0.294. The van der Waals surface area contributed by atoms with Crippen molar-refractivity contribution in [1.82, 2.24) is 10.3 Å². The van der Waals surface area contributed by atoms with Crippen molar-refractivity contribution in [2.45, 2.75) is 38.1 Å². The number of aromatic nitrogens is 1. The van der Waals surface area contributed by atoms with E-state index < -0.39 is 17.6 Å². The smallest absolute Gasteiger partial charge is 0.416 e. The highest BCUT2D eigenvalue weighted by molar-refractivity contribution is 5.95. The third kappa shape index (κ3) is 4.67. The lowest BCUT2D eigenvalue weighted by molar-refractivity contribution is -0.137. The number of rotatable bonds is 7. The summed E-state index contributed by atoms with van der Waals surface area (Å²) >= 11 is 0. The molecule has 2 saturated carbocycles. The Labute approximate surface area is 183 Å². The normalized spacial score (nSPS) is 24.5. The van der Waals surface area contributed by atoms with E-state index >= 15 is 0 Å². The lowest BCUT2D eigenvalue weighted by atomic mass is 9.86. The Balaban J connectivity index is 1.27. The molecule has 32 heavy (non-hydrogen) atoms. The van der Waals surface area contributed by atoms with Gasteiger partial charge in [-0.2, -0.15) is 13.2 Å². The number of ether oxygens (including phenoxy) is 2. The van der Waals surface area contributed by atoms with Gasteiger partial charge in [-0.25, -0.2) is 4.98 Å². The van der Waals surface area contributed by atoms with Crippen LogP contribution in [0.25, 0.3) is 0 Å². The Hall–Kier alpha value is -2.81. The fraction of sp³-hybridized carbons (Fsp3) is 0.478. The number of hydrogen-bond acceptors (Lipinski definition) is 5. The average Bonchev–Trinajstić information content (AvgIpc) is 3.33. The maximum Gasteiger partial charge on any atom is 0.416 e. The molecule has 6 nitrogen and oxygen atoms in total. The summed E-state index contributed by atoms with van der Waals surface area (Å²) in [6.45, 7) is 0.620. The van der Waals surface area contributed by atoms with Crippen LogP contribution in [-0.2, 0) is 17.5 Å². The number of hydrogen-bond donors (Lipinski definition) is 2. The Kier molecular flexibility index (Phi) is 6.28. The number of amides is 1. The molecule has 2 bridgehead atoms. The number of carbonyl (C=O) groups excluding carboxylic acids is 1. The SMILES string of the molecule is COc1ccnc(C(=O)N[C@H]2CC3CC2C[C@@H]3COCc2cccc(C(F)(F)F)c2)c1O. The van der Waals surface area contributed by atoms with Crippen molar-refractivity contribution in [1.29, 1.82) is 0 Å². The predicted octanol–water partition coefficient (Wildman–Crippen LogP) is 4.18. The molecule has 172 valence electrons. The Bertz CT molecular complexity index is 982. The summed E-state index contributed by atoms with van der Waals surface area (Å²) in [5, 5.41) is 13.1. The van der Waals surface area contributed by atoms with Gasteiger partial charge in [-0.1, -0.05) is 12.1 Å². The molecule has 2 unspecified atom stereocenters. The highest BCUT2D eigenvalue weighted by Crippen LogP contribution is 2.48. The second kappa shape index (κ2) is 8.97. The van der Waals surface area contributed by atoms with Gasteiger partial charge in [0.1, 0.15) is 0 Å². The molecule has 9 heteroatoms. The number of methoxy groups -OCH3 is 1. The second-order valence-electron chi connectivity index (χ2n) is 8.49. The standard InChI is InChI=1S/C23H25F3N2O4/c1-31-19-5-6-27-20(21(19)29)22(30)28-18-10-14-8-15(18)9-16(14)12-32-11-13-3-2-4-17(7-13)23(24,25)26/h2-7,14-16,18,29H,8-12H2,1H3,(H,28,30)/t14?,15?,16-,18+/m1/s1. The van der Waals surface area contributed by atoms with Crippen molar-refractivity contribution in [3.8, 4) is 11.5 Å². The molecular weight excluding hydrogens is 425 g/mol. The van der Waals surface area contributed by atoms with Gasteiger partial charge in [-0.05, 0) is 54.7 Å². The number of halogens is 3. The van der Waals surface area contributed by atoms with Gasteiger partial charge in [0, 0.05) is 18.3 Å². The molecule has 0 spiro atoms. The van der Waals surface area contributed by atoms with Gasteiger partial charge in [-0.3, -0.25) is 4.79 Å². The Morgan fingerprint density at radius 1 is 1.22 bits per heavy atom. The zero-order valence-electron chi connectivity index (χ0n) is 17.6. The molecule has 0 aliphatic heterocycles. The van der Waals surface area contributed by atoms with Gasteiger partial charge in [0.25, 0.3) is 5.91 Å². The summed E-state index contributed by atoms with van der Waals surface area (Å²) in [5.74, 6) is 0.490. The first-order valence-electron chi connectivity index (χ1n) is 10.5. The fourth-order valence-electron chi connectivity index (χ4n) is 4.95. The number of fused-ring (bicyclic) bond motifs is 2. The van der Waals surface area contributed by atoms with Crippen molar-refractivity contribution in [3.63, 3.8) is 0 Å². The van der Waals surface area contributed by atoms with Crippen LogP contribution >= 0.6 is 0 Å². The van der Waals surface area contributed by atoms with E-state index in [1.807, 2.05) is 0 Å². The largest absolute Gasteiger partial charge is 0.503 e. The Morgan fingerprint density at radius 2 is 2.03 bits per heavy atom. The van der Waals surface area contributed by atoms with Crippen LogP contribution in [-0.4, -0.2) is 35.8 Å². The minimum atomic E-state index is -4.36. The van der Waals surface area contributed by atoms with Crippen molar-refractivity contribution >= 4 is 5.91 Å². The Morgan fingerprint density at radius 3 is 2.72 bits per heavy atom. The molecule has 1 heterocycles. The molecule has 2 fully saturated rings. The molecule has 4 atom stereocenters. The highest BCUT2D eigenvalue weighted by Gasteiger charge is 2.46. The highest BCUT2D eigenvalue weighted by atomic mass is 19.4. The molecule has 1 amide bonds. The first-order chi connectivity index (χ1) is 15.3. The van der Waals surface area contributed by atoms with Gasteiger partial charge in [0.05, 0.1) is 25.9 Å². The summed E-state index contributed by atoms with van der Waals surface area (Å²) in [4.78, 5) is 16.5. The quantitative estimate of drug-likeness (QED) is 0.662. The molecule has 2 N–H and O–H groups in total. The lowest BCUT2D eigenvalue weighted by Crippen LogP contribution is -2.40. The molecule has 0 radical (unpaired) electrons. The molecule has 1 aromatic heterocycles. The molecule has 4 rings (SSSR count). The van der Waals surface area contributed by atoms with E-state index in [-0.39, 0.29) is 29.8 Å². The van der Waals surface area contributed by atoms with E-state index in [0.717, 1.165) is 31.4 Å². The number of nitrogens with one attached hydrogen (secondary N) is 1. The zero-order valence-corrected chi connectivity index (χ0v) is 17.6. The number of alkyl halides is 3. The van der Waals surface area contributed by atoms with Gasteiger partial charge in [0.2, 0.25) is 0 Å². The van der Waals surface area contributed by atoms with Crippen molar-refractivity contribution in [2.75, 3.05) is 13.7 Å². The molecule has 0 saturated heterocycles. The first-order valence-corrected chi connectivity index (χ1v) is 10.5. The number of benzene rings is 1. The van der Waals surface area contributed by atoms with Crippen LogP contribution in [0.15, 0.2) is 36.5 Å². The van der Waals surface area contributed by atoms with Crippen LogP contribution in [0.2, 0.25) is 0 Å². The fourth-order valence-corrected chi connectivity index (χ4v) is 4.95. The van der Waals surface area contributed by atoms with Crippen LogP contribution in [0.1, 0.15) is 40.9 Å². The van der Waals surface area contributed by atoms with Crippen molar-refractivity contribution in [3.05, 3.63) is 53.3 Å². The first kappa shape index (κ1) is 22.4. The lowest BCUT2D eigenvalue weighted by Gasteiger charge is -2.28. The molecule has 2 aromatic rings. The average molecular weight is 450 g/mol. The predicted molar refractivity (Wildman–Crippen MR) is 109 cm³/mol. The van der Waals surface area contributed by atoms with Gasteiger partial charge in [-0.15, -0.1) is 0 Å².